The molecule has 2 nitrogen and oxygen atoms in total. The Morgan fingerprint density at radius 2 is 0.800 bits per heavy atom. The van der Waals surface area contributed by atoms with Crippen molar-refractivity contribution in [2.24, 2.45) is 0 Å². The van der Waals surface area contributed by atoms with Crippen LogP contribution in [0.25, 0.3) is 16.9 Å². The molecule has 0 saturated heterocycles. The van der Waals surface area contributed by atoms with Gasteiger partial charge in [0.05, 0.1) is 0 Å². The molecule has 0 saturated carbocycles. The van der Waals surface area contributed by atoms with Crippen LogP contribution in [0.2, 0.25) is 0 Å². The van der Waals surface area contributed by atoms with E-state index in [9.17, 15) is 5.53 Å². The molecule has 1 aliphatic rings. The minimum atomic E-state index is 0. The number of allylic oxidation sites excluding steroid dienone is 2. The van der Waals surface area contributed by atoms with E-state index in [-0.39, 0.29) is 31.3 Å². The Labute approximate surface area is 321 Å². The third kappa shape index (κ3) is 12.6. The summed E-state index contributed by atoms with van der Waals surface area (Å²) in [6, 6.07) is 9.66. The summed E-state index contributed by atoms with van der Waals surface area (Å²) in [4.78, 5) is 0. The maximum atomic E-state index is 12.2. The normalized spacial score (nSPS) is 12.7. The quantitative estimate of drug-likeness (QED) is 0.0471. The van der Waals surface area contributed by atoms with E-state index in [2.05, 4.69) is 79.7 Å². The molecule has 0 spiro atoms. The van der Waals surface area contributed by atoms with Crippen molar-refractivity contribution >= 4 is 11.4 Å². The van der Waals surface area contributed by atoms with Gasteiger partial charge in [-0.05, 0) is 129 Å². The van der Waals surface area contributed by atoms with Crippen molar-refractivity contribution in [3.8, 4) is 0 Å². The molecule has 0 atom stereocenters. The molecular weight excluding hydrogens is 651 g/mol. The van der Waals surface area contributed by atoms with Crippen molar-refractivity contribution in [2.75, 3.05) is 0 Å². The van der Waals surface area contributed by atoms with Gasteiger partial charge in [-0.3, -0.25) is 0 Å². The van der Waals surface area contributed by atoms with E-state index < -0.39 is 0 Å². The topological polar surface area (TPSA) is 25.3 Å². The number of unbranched alkanes of at least 4 members (excludes halogenated alkanes) is 11. The third-order valence-electron chi connectivity index (χ3n) is 10.8. The van der Waals surface area contributed by atoms with E-state index >= 15 is 0 Å². The summed E-state index contributed by atoms with van der Waals surface area (Å²) in [7, 11) is 0. The van der Waals surface area contributed by atoms with E-state index in [0.29, 0.717) is 0 Å². The van der Waals surface area contributed by atoms with Crippen LogP contribution >= 0.6 is 0 Å². The molecule has 0 aromatic heterocycles. The van der Waals surface area contributed by atoms with Crippen molar-refractivity contribution in [2.45, 2.75) is 190 Å². The number of rotatable bonds is 23. The molecule has 3 heteroatoms. The summed E-state index contributed by atoms with van der Waals surface area (Å²) >= 11 is 0. The van der Waals surface area contributed by atoms with Gasteiger partial charge in [-0.25, -0.2) is 4.70 Å². The first-order valence-electron chi connectivity index (χ1n) is 20.1. The summed E-state index contributed by atoms with van der Waals surface area (Å²) in [5, 5.41) is 0. The van der Waals surface area contributed by atoms with Gasteiger partial charge in [0.15, 0.2) is 0 Å². The van der Waals surface area contributed by atoms with Crippen LogP contribution in [0.3, 0.4) is 0 Å². The maximum Gasteiger partial charge on any atom is 2.00 e. The second kappa shape index (κ2) is 25.9. The van der Waals surface area contributed by atoms with Crippen LogP contribution in [0.4, 0.5) is 0 Å². The van der Waals surface area contributed by atoms with Crippen LogP contribution in [0, 0.1) is 14.9 Å². The second-order valence-electron chi connectivity index (χ2n) is 14.2. The molecule has 50 heavy (non-hydrogen) atoms. The minimum Gasteiger partial charge on any atom is -0.493 e. The van der Waals surface area contributed by atoms with E-state index in [4.69, 9.17) is 0 Å². The Kier molecular flexibility index (Phi) is 24.9. The summed E-state index contributed by atoms with van der Waals surface area (Å²) in [6.07, 6.45) is 25.8. The zero-order chi connectivity index (χ0) is 34.2. The van der Waals surface area contributed by atoms with Crippen molar-refractivity contribution < 1.29 is 21.2 Å². The van der Waals surface area contributed by atoms with E-state index in [1.54, 1.807) is 15.8 Å². The maximum absolute atomic E-state index is 12.2. The summed E-state index contributed by atoms with van der Waals surface area (Å²) in [6.45, 7) is 18.3. The van der Waals surface area contributed by atoms with E-state index in [1.165, 1.54) is 134 Å². The summed E-state index contributed by atoms with van der Waals surface area (Å²) < 4.78 is 1.59. The number of hydrogen-bond acceptors (Lipinski definition) is 0. The molecule has 284 valence electrons. The van der Waals surface area contributed by atoms with Gasteiger partial charge in [0.25, 0.3) is 0 Å². The zero-order valence-corrected chi connectivity index (χ0v) is 35.4. The van der Waals surface area contributed by atoms with Crippen LogP contribution in [-0.4, -0.2) is 4.70 Å². The molecule has 0 bridgehead atoms. The molecule has 0 fully saturated rings. The van der Waals surface area contributed by atoms with Gasteiger partial charge >= 0.3 is 16.5 Å². The minimum absolute atomic E-state index is 0. The molecule has 0 amide bonds. The second-order valence-corrected chi connectivity index (χ2v) is 14.2. The fourth-order valence-electron chi connectivity index (χ4n) is 7.95. The van der Waals surface area contributed by atoms with Crippen LogP contribution in [-0.2, 0) is 55.0 Å². The molecular formula is C47H76N2Ni. The predicted molar refractivity (Wildman–Crippen MR) is 220 cm³/mol. The largest absolute Gasteiger partial charge is 2.00 e. The molecule has 3 rings (SSSR count). The first-order chi connectivity index (χ1) is 22.9. The molecule has 2 aromatic rings. The average molecular weight is 728 g/mol. The number of aryl methyl sites for hydroxylation is 4. The van der Waals surface area contributed by atoms with Crippen molar-refractivity contribution in [3.05, 3.63) is 100 Å². The third-order valence-corrected chi connectivity index (χ3v) is 10.8. The fraction of sp³-hybridized carbons (Fsp3) is 0.617. The predicted octanol–water partition coefficient (Wildman–Crippen LogP) is 15.0. The Balaban J connectivity index is 0.00000800. The van der Waals surface area contributed by atoms with Gasteiger partial charge in [-0.1, -0.05) is 119 Å². The standard InChI is InChI=1S/C45H70N2.2CH3.Ni/c1-9-16-19-21-23-25-28-42-35(12-4)30-39(31-36(42)13-5)44-34(8)41(27-18-11-3)45(47(44)46)40-32-37(14-6)43(38(15-7)33-40)29-26-24-22-20-17-10-2;;;/h30-33H,9-29H2,1-8H3;2*1H3;/q;2*-1;+2. The van der Waals surface area contributed by atoms with Gasteiger partial charge < -0.3 is 20.4 Å². The van der Waals surface area contributed by atoms with Crippen LogP contribution in [0.5, 0.6) is 0 Å². The first-order valence-corrected chi connectivity index (χ1v) is 20.1. The monoisotopic (exact) mass is 727 g/mol. The summed E-state index contributed by atoms with van der Waals surface area (Å²) in [5.41, 5.74) is 28.2. The molecule has 0 radical (unpaired) electrons. The average Bonchev–Trinajstić information content (AvgIpc) is 3.34. The Bertz CT molecular complexity index is 1310. The Hall–Kier alpha value is -1.99. The molecule has 1 aliphatic heterocycles. The van der Waals surface area contributed by atoms with Crippen LogP contribution < -0.4 is 0 Å². The fourth-order valence-corrected chi connectivity index (χ4v) is 7.95. The van der Waals surface area contributed by atoms with E-state index in [0.717, 1.165) is 56.3 Å². The number of hydrogen-bond donors (Lipinski definition) is 0. The molecule has 0 aliphatic carbocycles. The van der Waals surface area contributed by atoms with Crippen LogP contribution in [0.15, 0.2) is 35.4 Å². The summed E-state index contributed by atoms with van der Waals surface area (Å²) in [5.74, 6) is 0. The van der Waals surface area contributed by atoms with Crippen LogP contribution in [0.1, 0.15) is 196 Å². The first kappa shape index (κ1) is 48.0. The Morgan fingerprint density at radius 1 is 0.460 bits per heavy atom. The van der Waals surface area contributed by atoms with Gasteiger partial charge in [-0.2, -0.15) is 0 Å². The van der Waals surface area contributed by atoms with Crippen molar-refractivity contribution in [1.29, 1.82) is 0 Å². The smallest absolute Gasteiger partial charge is 0.493 e. The SMILES string of the molecule is CCCCCCCCc1c(CC)cc(C2=C(C)C(CCCC)=C(c3cc(CC)c(CCCCCCCC)c(CC)c3)[N+]2=[N-])cc1CC.[CH3-].[CH3-].[Ni+2]. The van der Waals surface area contributed by atoms with Gasteiger partial charge in [0.2, 0.25) is 11.4 Å². The van der Waals surface area contributed by atoms with Crippen molar-refractivity contribution in [1.82, 2.24) is 0 Å². The Morgan fingerprint density at radius 3 is 1.16 bits per heavy atom. The van der Waals surface area contributed by atoms with E-state index in [1.807, 2.05) is 0 Å². The van der Waals surface area contributed by atoms with Crippen molar-refractivity contribution in [3.63, 3.8) is 0 Å². The van der Waals surface area contributed by atoms with Gasteiger partial charge in [0.1, 0.15) is 0 Å². The zero-order valence-electron chi connectivity index (χ0n) is 34.4. The number of benzene rings is 2. The molecule has 0 unspecified atom stereocenters. The molecule has 0 N–H and O–H groups in total. The molecule has 1 heterocycles. The van der Waals surface area contributed by atoms with Gasteiger partial charge in [-0.15, -0.1) is 0 Å². The number of nitrogens with zero attached hydrogens (tertiary/aromatic N) is 2. The van der Waals surface area contributed by atoms with Gasteiger partial charge in [0, 0.05) is 22.3 Å². The molecule has 2 aromatic carbocycles.